The summed E-state index contributed by atoms with van der Waals surface area (Å²) in [5.41, 5.74) is 3.51. The molecule has 0 atom stereocenters. The molecule has 0 saturated carbocycles. The second kappa shape index (κ2) is 6.76. The molecule has 1 aromatic heterocycles. The Balaban J connectivity index is 2.01. The van der Waals surface area contributed by atoms with E-state index in [0.29, 0.717) is 16.9 Å². The minimum absolute atomic E-state index is 0.253. The van der Waals surface area contributed by atoms with E-state index in [0.717, 1.165) is 16.7 Å². The topological polar surface area (TPSA) is 65.8 Å². The maximum absolute atomic E-state index is 12.7. The summed E-state index contributed by atoms with van der Waals surface area (Å²) in [7, 11) is 0. The number of nitrogens with zero attached hydrogens (tertiary/aromatic N) is 2. The van der Waals surface area contributed by atoms with Crippen LogP contribution in [0.2, 0.25) is 0 Å². The van der Waals surface area contributed by atoms with Crippen LogP contribution in [0, 0.1) is 18.3 Å². The second-order valence-electron chi connectivity index (χ2n) is 5.38. The van der Waals surface area contributed by atoms with Crippen molar-refractivity contribution in [3.63, 3.8) is 0 Å². The van der Waals surface area contributed by atoms with Crippen molar-refractivity contribution >= 4 is 11.7 Å². The molecule has 2 aromatic carbocycles. The lowest BCUT2D eigenvalue weighted by molar-refractivity contribution is 0.102. The number of benzene rings is 2. The fourth-order valence-electron chi connectivity index (χ4n) is 2.52. The molecule has 0 radical (unpaired) electrons. The second-order valence-corrected chi connectivity index (χ2v) is 5.38. The van der Waals surface area contributed by atoms with Crippen molar-refractivity contribution in [2.24, 2.45) is 0 Å². The molecule has 0 aliphatic rings. The zero-order valence-corrected chi connectivity index (χ0v) is 13.2. The van der Waals surface area contributed by atoms with Gasteiger partial charge in [0.1, 0.15) is 5.82 Å². The van der Waals surface area contributed by atoms with E-state index in [-0.39, 0.29) is 5.91 Å². The number of aromatic nitrogens is 1. The van der Waals surface area contributed by atoms with Crippen molar-refractivity contribution in [1.82, 2.24) is 4.98 Å². The Morgan fingerprint density at radius 1 is 1.04 bits per heavy atom. The lowest BCUT2D eigenvalue weighted by Crippen LogP contribution is -2.14. The number of pyridine rings is 1. The predicted octanol–water partition coefficient (Wildman–Crippen LogP) is 4.18. The molecule has 4 nitrogen and oxygen atoms in total. The van der Waals surface area contributed by atoms with Gasteiger partial charge in [0.2, 0.25) is 0 Å². The first kappa shape index (κ1) is 15.4. The molecule has 116 valence electrons. The van der Waals surface area contributed by atoms with Crippen molar-refractivity contribution in [1.29, 1.82) is 5.26 Å². The summed E-state index contributed by atoms with van der Waals surface area (Å²) in [4.78, 5) is 16.8. The Kier molecular flexibility index (Phi) is 4.35. The molecule has 0 bridgehead atoms. The maximum atomic E-state index is 12.7. The summed E-state index contributed by atoms with van der Waals surface area (Å²) < 4.78 is 0. The molecule has 0 aliphatic heterocycles. The molecule has 0 fully saturated rings. The van der Waals surface area contributed by atoms with Gasteiger partial charge in [-0.2, -0.15) is 5.26 Å². The number of aryl methyl sites for hydroxylation is 1. The number of nitriles is 1. The van der Waals surface area contributed by atoms with E-state index in [1.165, 1.54) is 0 Å². The first-order chi connectivity index (χ1) is 11.7. The summed E-state index contributed by atoms with van der Waals surface area (Å²) in [6, 6.07) is 20.3. The summed E-state index contributed by atoms with van der Waals surface area (Å²) in [6.45, 7) is 1.94. The fraction of sp³-hybridized carbons (Fsp3) is 0.0500. The van der Waals surface area contributed by atoms with Crippen LogP contribution in [0.1, 0.15) is 21.5 Å². The fourth-order valence-corrected chi connectivity index (χ4v) is 2.52. The van der Waals surface area contributed by atoms with Crippen molar-refractivity contribution in [2.45, 2.75) is 6.92 Å². The molecule has 1 amide bonds. The van der Waals surface area contributed by atoms with Gasteiger partial charge in [-0.15, -0.1) is 0 Å². The summed E-state index contributed by atoms with van der Waals surface area (Å²) in [5, 5.41) is 12.1. The quantitative estimate of drug-likeness (QED) is 0.788. The Bertz CT molecular complexity index is 941. The van der Waals surface area contributed by atoms with Crippen LogP contribution in [-0.2, 0) is 0 Å². The third-order valence-corrected chi connectivity index (χ3v) is 3.67. The molecule has 24 heavy (non-hydrogen) atoms. The lowest BCUT2D eigenvalue weighted by atomic mass is 9.95. The lowest BCUT2D eigenvalue weighted by Gasteiger charge is -2.11. The van der Waals surface area contributed by atoms with Crippen LogP contribution in [0.5, 0.6) is 0 Å². The van der Waals surface area contributed by atoms with Gasteiger partial charge in [0.15, 0.2) is 0 Å². The molecule has 0 saturated heterocycles. The minimum atomic E-state index is -0.253. The number of anilines is 1. The SMILES string of the molecule is Cc1ccnc(NC(=O)c2ccccc2-c2ccccc2C#N)c1. The Morgan fingerprint density at radius 3 is 2.50 bits per heavy atom. The molecule has 0 unspecified atom stereocenters. The number of nitrogens with one attached hydrogen (secondary N) is 1. The number of carbonyl (C=O) groups excluding carboxylic acids is 1. The average molecular weight is 313 g/mol. The van der Waals surface area contributed by atoms with Crippen molar-refractivity contribution < 1.29 is 4.79 Å². The third kappa shape index (κ3) is 3.16. The molecule has 0 aliphatic carbocycles. The Labute approximate surface area is 140 Å². The van der Waals surface area contributed by atoms with E-state index >= 15 is 0 Å². The van der Waals surface area contributed by atoms with Crippen LogP contribution in [0.4, 0.5) is 5.82 Å². The summed E-state index contributed by atoms with van der Waals surface area (Å²) >= 11 is 0. The molecule has 0 spiro atoms. The van der Waals surface area contributed by atoms with Gasteiger partial charge in [-0.3, -0.25) is 4.79 Å². The van der Waals surface area contributed by atoms with E-state index in [1.807, 2.05) is 43.3 Å². The molecule has 4 heteroatoms. The monoisotopic (exact) mass is 313 g/mol. The molecular weight excluding hydrogens is 298 g/mol. The van der Waals surface area contributed by atoms with Crippen molar-refractivity contribution in [3.8, 4) is 17.2 Å². The van der Waals surface area contributed by atoms with Gasteiger partial charge in [0.25, 0.3) is 5.91 Å². The third-order valence-electron chi connectivity index (χ3n) is 3.67. The molecule has 3 rings (SSSR count). The average Bonchev–Trinajstić information content (AvgIpc) is 2.61. The number of hydrogen-bond acceptors (Lipinski definition) is 3. The highest BCUT2D eigenvalue weighted by Crippen LogP contribution is 2.27. The standard InChI is InChI=1S/C20H15N3O/c1-14-10-11-22-19(12-14)23-20(24)18-9-5-4-8-17(18)16-7-3-2-6-15(16)13-21/h2-12H,1H3,(H,22,23,24). The number of rotatable bonds is 3. The van der Waals surface area contributed by atoms with Gasteiger partial charge < -0.3 is 5.32 Å². The van der Waals surface area contributed by atoms with Gasteiger partial charge in [-0.1, -0.05) is 36.4 Å². The van der Waals surface area contributed by atoms with Gasteiger partial charge in [0, 0.05) is 17.3 Å². The van der Waals surface area contributed by atoms with Crippen molar-refractivity contribution in [3.05, 3.63) is 83.6 Å². The zero-order chi connectivity index (χ0) is 16.9. The number of carbonyl (C=O) groups is 1. The molecule has 3 aromatic rings. The highest BCUT2D eigenvalue weighted by molar-refractivity contribution is 6.08. The van der Waals surface area contributed by atoms with E-state index in [4.69, 9.17) is 0 Å². The number of amides is 1. The summed E-state index contributed by atoms with van der Waals surface area (Å²) in [5.74, 6) is 0.250. The van der Waals surface area contributed by atoms with Gasteiger partial charge >= 0.3 is 0 Å². The summed E-state index contributed by atoms with van der Waals surface area (Å²) in [6.07, 6.45) is 1.65. The smallest absolute Gasteiger partial charge is 0.257 e. The van der Waals surface area contributed by atoms with E-state index in [1.54, 1.807) is 30.5 Å². The Morgan fingerprint density at radius 2 is 1.75 bits per heavy atom. The van der Waals surface area contributed by atoms with Crippen LogP contribution in [0.3, 0.4) is 0 Å². The van der Waals surface area contributed by atoms with Crippen LogP contribution >= 0.6 is 0 Å². The zero-order valence-electron chi connectivity index (χ0n) is 13.2. The van der Waals surface area contributed by atoms with E-state index < -0.39 is 0 Å². The van der Waals surface area contributed by atoms with Crippen LogP contribution in [0.15, 0.2) is 66.9 Å². The first-order valence-corrected chi connectivity index (χ1v) is 7.51. The minimum Gasteiger partial charge on any atom is -0.307 e. The highest BCUT2D eigenvalue weighted by atomic mass is 16.1. The van der Waals surface area contributed by atoms with Crippen molar-refractivity contribution in [2.75, 3.05) is 5.32 Å². The maximum Gasteiger partial charge on any atom is 0.257 e. The van der Waals surface area contributed by atoms with Gasteiger partial charge in [-0.05, 0) is 42.3 Å². The normalized spacial score (nSPS) is 10.0. The van der Waals surface area contributed by atoms with Crippen LogP contribution in [0.25, 0.3) is 11.1 Å². The van der Waals surface area contributed by atoms with E-state index in [2.05, 4.69) is 16.4 Å². The molecular formula is C20H15N3O. The van der Waals surface area contributed by atoms with E-state index in [9.17, 15) is 10.1 Å². The highest BCUT2D eigenvalue weighted by Gasteiger charge is 2.15. The molecule has 1 N–H and O–H groups in total. The predicted molar refractivity (Wildman–Crippen MR) is 93.5 cm³/mol. The van der Waals surface area contributed by atoms with Gasteiger partial charge in [-0.25, -0.2) is 4.98 Å². The molecule has 1 heterocycles. The largest absolute Gasteiger partial charge is 0.307 e. The Hall–Kier alpha value is -3.45. The van der Waals surface area contributed by atoms with Crippen LogP contribution in [-0.4, -0.2) is 10.9 Å². The van der Waals surface area contributed by atoms with Crippen LogP contribution < -0.4 is 5.32 Å². The van der Waals surface area contributed by atoms with Gasteiger partial charge in [0.05, 0.1) is 11.6 Å². The first-order valence-electron chi connectivity index (χ1n) is 7.51. The number of hydrogen-bond donors (Lipinski definition) is 1.